The summed E-state index contributed by atoms with van der Waals surface area (Å²) in [7, 11) is 3.23. The molecular formula is C16H20N4O3. The van der Waals surface area contributed by atoms with E-state index in [2.05, 4.69) is 10.1 Å². The van der Waals surface area contributed by atoms with Gasteiger partial charge in [0, 0.05) is 31.6 Å². The van der Waals surface area contributed by atoms with E-state index in [4.69, 9.17) is 4.74 Å². The van der Waals surface area contributed by atoms with Gasteiger partial charge in [0.2, 0.25) is 0 Å². The van der Waals surface area contributed by atoms with E-state index in [0.717, 1.165) is 18.6 Å². The fourth-order valence-electron chi connectivity index (χ4n) is 2.88. The van der Waals surface area contributed by atoms with Gasteiger partial charge in [-0.1, -0.05) is 0 Å². The van der Waals surface area contributed by atoms with Crippen molar-refractivity contribution in [2.75, 3.05) is 20.2 Å². The third kappa shape index (κ3) is 3.13. The maximum absolute atomic E-state index is 12.5. The van der Waals surface area contributed by atoms with Crippen molar-refractivity contribution in [2.24, 2.45) is 7.05 Å². The van der Waals surface area contributed by atoms with Crippen molar-refractivity contribution in [1.29, 1.82) is 0 Å². The number of H-pyrrole nitrogens is 1. The van der Waals surface area contributed by atoms with Crippen LogP contribution in [0.4, 0.5) is 0 Å². The second-order valence-corrected chi connectivity index (χ2v) is 5.73. The smallest absolute Gasteiger partial charge is 0.343 e. The minimum Gasteiger partial charge on any atom is -0.497 e. The zero-order valence-electron chi connectivity index (χ0n) is 13.3. The molecule has 1 amide bonds. The topological polar surface area (TPSA) is 80.2 Å². The van der Waals surface area contributed by atoms with E-state index in [1.54, 1.807) is 38.4 Å². The first-order chi connectivity index (χ1) is 11.1. The van der Waals surface area contributed by atoms with E-state index >= 15 is 0 Å². The second-order valence-electron chi connectivity index (χ2n) is 5.73. The first kappa shape index (κ1) is 15.3. The third-order valence-electron chi connectivity index (χ3n) is 4.29. The summed E-state index contributed by atoms with van der Waals surface area (Å²) < 4.78 is 6.42. The van der Waals surface area contributed by atoms with Crippen LogP contribution in [0.1, 0.15) is 34.9 Å². The van der Waals surface area contributed by atoms with Crippen molar-refractivity contribution in [1.82, 2.24) is 19.7 Å². The van der Waals surface area contributed by atoms with Gasteiger partial charge in [-0.05, 0) is 37.1 Å². The molecule has 122 valence electrons. The molecule has 0 saturated carbocycles. The molecule has 1 fully saturated rings. The number of aryl methyl sites for hydroxylation is 1. The van der Waals surface area contributed by atoms with Gasteiger partial charge in [-0.15, -0.1) is 0 Å². The van der Waals surface area contributed by atoms with E-state index in [-0.39, 0.29) is 17.5 Å². The van der Waals surface area contributed by atoms with Gasteiger partial charge < -0.3 is 9.64 Å². The zero-order chi connectivity index (χ0) is 16.4. The number of aromatic nitrogens is 3. The molecule has 7 nitrogen and oxygen atoms in total. The fourth-order valence-corrected chi connectivity index (χ4v) is 2.88. The molecule has 0 radical (unpaired) electrons. The van der Waals surface area contributed by atoms with Gasteiger partial charge in [0.05, 0.1) is 7.11 Å². The number of methoxy groups -OCH3 is 1. The van der Waals surface area contributed by atoms with Crippen LogP contribution in [0.5, 0.6) is 5.75 Å². The van der Waals surface area contributed by atoms with Crippen LogP contribution in [0, 0.1) is 0 Å². The Morgan fingerprint density at radius 1 is 1.26 bits per heavy atom. The standard InChI is InChI=1S/C16H20N4O3/c1-19-16(22)17-14(18-19)11-7-9-20(10-8-11)15(21)12-3-5-13(23-2)6-4-12/h3-6,11H,7-10H2,1-2H3,(H,17,18,22). The van der Waals surface area contributed by atoms with Crippen LogP contribution in [0.3, 0.4) is 0 Å². The number of carbonyl (C=O) groups excluding carboxylic acids is 1. The Balaban J connectivity index is 1.63. The number of likely N-dealkylation sites (tertiary alicyclic amines) is 1. The molecule has 1 saturated heterocycles. The lowest BCUT2D eigenvalue weighted by Gasteiger charge is -2.31. The van der Waals surface area contributed by atoms with E-state index < -0.39 is 0 Å². The predicted octanol–water partition coefficient (Wildman–Crippen LogP) is 1.14. The molecular weight excluding hydrogens is 296 g/mol. The normalized spacial score (nSPS) is 15.7. The van der Waals surface area contributed by atoms with E-state index in [0.29, 0.717) is 24.5 Å². The van der Waals surface area contributed by atoms with Crippen LogP contribution < -0.4 is 10.4 Å². The van der Waals surface area contributed by atoms with Crippen molar-refractivity contribution < 1.29 is 9.53 Å². The Morgan fingerprint density at radius 3 is 2.43 bits per heavy atom. The number of hydrogen-bond acceptors (Lipinski definition) is 4. The van der Waals surface area contributed by atoms with Crippen molar-refractivity contribution in [3.63, 3.8) is 0 Å². The van der Waals surface area contributed by atoms with Crippen LogP contribution in [0.25, 0.3) is 0 Å². The highest BCUT2D eigenvalue weighted by Crippen LogP contribution is 2.26. The first-order valence-electron chi connectivity index (χ1n) is 7.65. The Labute approximate surface area is 133 Å². The summed E-state index contributed by atoms with van der Waals surface area (Å²) in [6, 6.07) is 7.14. The number of piperidine rings is 1. The number of rotatable bonds is 3. The number of amides is 1. The highest BCUT2D eigenvalue weighted by Gasteiger charge is 2.26. The zero-order valence-corrected chi connectivity index (χ0v) is 13.3. The number of carbonyl (C=O) groups is 1. The molecule has 1 aliphatic heterocycles. The quantitative estimate of drug-likeness (QED) is 0.921. The molecule has 2 heterocycles. The molecule has 1 aromatic heterocycles. The maximum Gasteiger partial charge on any atom is 0.343 e. The maximum atomic E-state index is 12.5. The molecule has 1 N–H and O–H groups in total. The lowest BCUT2D eigenvalue weighted by Crippen LogP contribution is -2.38. The lowest BCUT2D eigenvalue weighted by atomic mass is 9.95. The summed E-state index contributed by atoms with van der Waals surface area (Å²) in [6.07, 6.45) is 1.60. The van der Waals surface area contributed by atoms with Crippen LogP contribution in [-0.2, 0) is 7.05 Å². The number of ether oxygens (including phenoxy) is 1. The summed E-state index contributed by atoms with van der Waals surface area (Å²) in [5, 5.41) is 4.21. The average Bonchev–Trinajstić information content (AvgIpc) is 2.93. The number of nitrogens with zero attached hydrogens (tertiary/aromatic N) is 3. The molecule has 1 aromatic carbocycles. The monoisotopic (exact) mass is 316 g/mol. The number of aromatic amines is 1. The van der Waals surface area contributed by atoms with E-state index in [1.165, 1.54) is 4.68 Å². The Morgan fingerprint density at radius 2 is 1.91 bits per heavy atom. The molecule has 3 rings (SSSR count). The number of nitrogens with one attached hydrogen (secondary N) is 1. The molecule has 0 atom stereocenters. The molecule has 1 aliphatic rings. The lowest BCUT2D eigenvalue weighted by molar-refractivity contribution is 0.0711. The van der Waals surface area contributed by atoms with Gasteiger partial charge in [-0.25, -0.2) is 9.48 Å². The van der Waals surface area contributed by atoms with E-state index in [1.807, 2.05) is 4.90 Å². The van der Waals surface area contributed by atoms with Gasteiger partial charge in [0.15, 0.2) is 0 Å². The van der Waals surface area contributed by atoms with Crippen LogP contribution in [0.15, 0.2) is 29.1 Å². The highest BCUT2D eigenvalue weighted by atomic mass is 16.5. The van der Waals surface area contributed by atoms with Crippen LogP contribution in [-0.4, -0.2) is 45.8 Å². The summed E-state index contributed by atoms with van der Waals surface area (Å²) in [4.78, 5) is 28.6. The summed E-state index contributed by atoms with van der Waals surface area (Å²) in [5.74, 6) is 1.68. The minimum atomic E-state index is -0.197. The van der Waals surface area contributed by atoms with Crippen molar-refractivity contribution in [3.05, 3.63) is 46.1 Å². The van der Waals surface area contributed by atoms with Crippen LogP contribution >= 0.6 is 0 Å². The molecule has 7 heteroatoms. The average molecular weight is 316 g/mol. The Bertz CT molecular complexity index is 739. The first-order valence-corrected chi connectivity index (χ1v) is 7.65. The molecule has 0 aliphatic carbocycles. The van der Waals surface area contributed by atoms with Gasteiger partial charge in [-0.3, -0.25) is 9.78 Å². The van der Waals surface area contributed by atoms with Crippen molar-refractivity contribution in [3.8, 4) is 5.75 Å². The summed E-state index contributed by atoms with van der Waals surface area (Å²) in [6.45, 7) is 1.32. The molecule has 23 heavy (non-hydrogen) atoms. The SMILES string of the molecule is COc1ccc(C(=O)N2CCC(c3nn(C)c(=O)[nH]3)CC2)cc1. The summed E-state index contributed by atoms with van der Waals surface area (Å²) in [5.41, 5.74) is 0.465. The van der Waals surface area contributed by atoms with E-state index in [9.17, 15) is 9.59 Å². The highest BCUT2D eigenvalue weighted by molar-refractivity contribution is 5.94. The fraction of sp³-hybridized carbons (Fsp3) is 0.438. The largest absolute Gasteiger partial charge is 0.497 e. The van der Waals surface area contributed by atoms with Gasteiger partial charge in [0.25, 0.3) is 5.91 Å². The number of benzene rings is 1. The third-order valence-corrected chi connectivity index (χ3v) is 4.29. The Hall–Kier alpha value is -2.57. The van der Waals surface area contributed by atoms with Crippen molar-refractivity contribution in [2.45, 2.75) is 18.8 Å². The van der Waals surface area contributed by atoms with Gasteiger partial charge >= 0.3 is 5.69 Å². The second kappa shape index (κ2) is 6.28. The number of hydrogen-bond donors (Lipinski definition) is 1. The summed E-state index contributed by atoms with van der Waals surface area (Å²) >= 11 is 0. The molecule has 0 unspecified atom stereocenters. The minimum absolute atomic E-state index is 0.0283. The molecule has 0 spiro atoms. The van der Waals surface area contributed by atoms with Gasteiger partial charge in [-0.2, -0.15) is 5.10 Å². The Kier molecular flexibility index (Phi) is 4.18. The predicted molar refractivity (Wildman–Crippen MR) is 84.7 cm³/mol. The molecule has 2 aromatic rings. The molecule has 0 bridgehead atoms. The van der Waals surface area contributed by atoms with Crippen molar-refractivity contribution >= 4 is 5.91 Å². The van der Waals surface area contributed by atoms with Gasteiger partial charge in [0.1, 0.15) is 11.6 Å². The van der Waals surface area contributed by atoms with Crippen LogP contribution in [0.2, 0.25) is 0 Å².